The molecular formula is C19H28N2O2S. The molecule has 1 aromatic rings. The highest BCUT2D eigenvalue weighted by atomic mass is 32.1. The molecule has 0 bridgehead atoms. The molecule has 3 rings (SSSR count). The average molecular weight is 349 g/mol. The Hall–Kier alpha value is -1.17. The Bertz CT molecular complexity index is 673. The van der Waals surface area contributed by atoms with Crippen molar-refractivity contribution in [1.82, 2.24) is 5.43 Å². The number of fused-ring (bicyclic) bond motifs is 1. The van der Waals surface area contributed by atoms with Gasteiger partial charge in [-0.1, -0.05) is 25.8 Å². The summed E-state index contributed by atoms with van der Waals surface area (Å²) in [6.45, 7) is 5.14. The summed E-state index contributed by atoms with van der Waals surface area (Å²) in [4.78, 5) is 14.4. The van der Waals surface area contributed by atoms with Gasteiger partial charge in [0, 0.05) is 16.3 Å². The van der Waals surface area contributed by atoms with Gasteiger partial charge in [0.25, 0.3) is 0 Å². The van der Waals surface area contributed by atoms with E-state index in [2.05, 4.69) is 19.3 Å². The number of hydrazine groups is 1. The standard InChI is InChI=1S/C19H28N2O2S/c1-19(2)9-8-15-14(10-19)16(18(22)23)17(24-15)13-7-5-3-4-6-12(13)11-21-20/h21H,3-11,20H2,1-2H3,(H,22,23). The van der Waals surface area contributed by atoms with Crippen LogP contribution in [0.2, 0.25) is 0 Å². The highest BCUT2D eigenvalue weighted by molar-refractivity contribution is 7.13. The number of hydrogen-bond donors (Lipinski definition) is 3. The van der Waals surface area contributed by atoms with Crippen molar-refractivity contribution >= 4 is 22.9 Å². The molecule has 24 heavy (non-hydrogen) atoms. The van der Waals surface area contributed by atoms with E-state index >= 15 is 0 Å². The second-order valence-corrected chi connectivity index (χ2v) is 8.98. The molecule has 132 valence electrons. The lowest BCUT2D eigenvalue weighted by atomic mass is 9.75. The number of allylic oxidation sites excluding steroid dienone is 1. The fraction of sp³-hybridized carbons (Fsp3) is 0.632. The van der Waals surface area contributed by atoms with Crippen LogP contribution in [0, 0.1) is 5.41 Å². The SMILES string of the molecule is CC1(C)CCc2sc(C3=C(CNN)CCCCC3)c(C(=O)O)c2C1. The number of nitrogens with two attached hydrogens (primary N) is 1. The third-order valence-electron chi connectivity index (χ3n) is 5.41. The van der Waals surface area contributed by atoms with Crippen LogP contribution in [0.4, 0.5) is 0 Å². The quantitative estimate of drug-likeness (QED) is 0.564. The Balaban J connectivity index is 2.13. The Morgan fingerprint density at radius 1 is 1.25 bits per heavy atom. The van der Waals surface area contributed by atoms with E-state index in [0.29, 0.717) is 12.1 Å². The number of aromatic carboxylic acids is 1. The number of hydrogen-bond acceptors (Lipinski definition) is 4. The maximum Gasteiger partial charge on any atom is 0.337 e. The lowest BCUT2D eigenvalue weighted by Crippen LogP contribution is -2.25. The molecule has 0 spiro atoms. The minimum atomic E-state index is -0.767. The number of carboxylic acids is 1. The fourth-order valence-electron chi connectivity index (χ4n) is 4.10. The van der Waals surface area contributed by atoms with Crippen molar-refractivity contribution < 1.29 is 9.90 Å². The molecule has 0 fully saturated rings. The Morgan fingerprint density at radius 2 is 2.00 bits per heavy atom. The van der Waals surface area contributed by atoms with Crippen molar-refractivity contribution in [3.05, 3.63) is 26.5 Å². The molecule has 0 aromatic carbocycles. The maximum atomic E-state index is 12.1. The third kappa shape index (κ3) is 3.44. The first-order chi connectivity index (χ1) is 11.4. The summed E-state index contributed by atoms with van der Waals surface area (Å²) in [5, 5.41) is 9.94. The van der Waals surface area contributed by atoms with Gasteiger partial charge in [0.15, 0.2) is 0 Å². The van der Waals surface area contributed by atoms with E-state index in [4.69, 9.17) is 5.84 Å². The van der Waals surface area contributed by atoms with Crippen molar-refractivity contribution in [3.8, 4) is 0 Å². The van der Waals surface area contributed by atoms with Crippen LogP contribution in [0.1, 0.15) is 78.0 Å². The van der Waals surface area contributed by atoms with Gasteiger partial charge in [0.05, 0.1) is 5.56 Å². The van der Waals surface area contributed by atoms with Gasteiger partial charge in [0.2, 0.25) is 0 Å². The van der Waals surface area contributed by atoms with Crippen molar-refractivity contribution in [2.24, 2.45) is 11.3 Å². The normalized spacial score (nSPS) is 20.6. The van der Waals surface area contributed by atoms with Crippen LogP contribution in [0.3, 0.4) is 0 Å². The van der Waals surface area contributed by atoms with Gasteiger partial charge < -0.3 is 5.11 Å². The molecule has 4 N–H and O–H groups in total. The van der Waals surface area contributed by atoms with Crippen LogP contribution >= 0.6 is 11.3 Å². The second-order valence-electron chi connectivity index (χ2n) is 7.88. The number of thiophene rings is 1. The van der Waals surface area contributed by atoms with Gasteiger partial charge in [0.1, 0.15) is 0 Å². The molecule has 0 saturated carbocycles. The van der Waals surface area contributed by atoms with Gasteiger partial charge in [-0.3, -0.25) is 11.3 Å². The number of carboxylic acid groups (broad SMARTS) is 1. The summed E-state index contributed by atoms with van der Waals surface area (Å²) in [6, 6.07) is 0. The molecular weight excluding hydrogens is 320 g/mol. The van der Waals surface area contributed by atoms with Crippen LogP contribution in [-0.2, 0) is 12.8 Å². The predicted molar refractivity (Wildman–Crippen MR) is 99.3 cm³/mol. The summed E-state index contributed by atoms with van der Waals surface area (Å²) in [5.41, 5.74) is 7.20. The molecule has 0 radical (unpaired) electrons. The minimum Gasteiger partial charge on any atom is -0.478 e. The first kappa shape index (κ1) is 17.6. The molecule has 1 heterocycles. The molecule has 2 aliphatic rings. The Labute approximate surface area is 148 Å². The number of rotatable bonds is 4. The lowest BCUT2D eigenvalue weighted by molar-refractivity contribution is 0.0695. The molecule has 4 nitrogen and oxygen atoms in total. The highest BCUT2D eigenvalue weighted by Crippen LogP contribution is 2.45. The van der Waals surface area contributed by atoms with Gasteiger partial charge in [-0.05, 0) is 61.5 Å². The fourth-order valence-corrected chi connectivity index (χ4v) is 5.53. The maximum absolute atomic E-state index is 12.1. The van der Waals surface area contributed by atoms with E-state index in [-0.39, 0.29) is 5.41 Å². The van der Waals surface area contributed by atoms with Crippen LogP contribution in [0.5, 0.6) is 0 Å². The zero-order chi connectivity index (χ0) is 17.3. The van der Waals surface area contributed by atoms with Crippen molar-refractivity contribution in [1.29, 1.82) is 0 Å². The summed E-state index contributed by atoms with van der Waals surface area (Å²) < 4.78 is 0. The van der Waals surface area contributed by atoms with E-state index in [0.717, 1.165) is 49.0 Å². The Morgan fingerprint density at radius 3 is 2.71 bits per heavy atom. The van der Waals surface area contributed by atoms with Crippen molar-refractivity contribution in [2.75, 3.05) is 6.54 Å². The lowest BCUT2D eigenvalue weighted by Gasteiger charge is -2.29. The number of aryl methyl sites for hydroxylation is 1. The van der Waals surface area contributed by atoms with Crippen molar-refractivity contribution in [3.63, 3.8) is 0 Å². The van der Waals surface area contributed by atoms with Crippen LogP contribution < -0.4 is 11.3 Å². The molecule has 2 aliphatic carbocycles. The Kier molecular flexibility index (Phi) is 5.13. The molecule has 0 atom stereocenters. The molecule has 0 saturated heterocycles. The van der Waals surface area contributed by atoms with E-state index < -0.39 is 5.97 Å². The van der Waals surface area contributed by atoms with Crippen LogP contribution in [0.15, 0.2) is 5.57 Å². The van der Waals surface area contributed by atoms with Gasteiger partial charge >= 0.3 is 5.97 Å². The van der Waals surface area contributed by atoms with Crippen molar-refractivity contribution in [2.45, 2.75) is 65.2 Å². The summed E-state index contributed by atoms with van der Waals surface area (Å²) in [5.74, 6) is 4.82. The van der Waals surface area contributed by atoms with E-state index in [9.17, 15) is 9.90 Å². The summed E-state index contributed by atoms with van der Waals surface area (Å²) >= 11 is 1.73. The first-order valence-electron chi connectivity index (χ1n) is 8.95. The second kappa shape index (κ2) is 6.98. The molecule has 0 amide bonds. The smallest absolute Gasteiger partial charge is 0.337 e. The van der Waals surface area contributed by atoms with Gasteiger partial charge in [-0.15, -0.1) is 11.3 Å². The average Bonchev–Trinajstić information content (AvgIpc) is 2.70. The van der Waals surface area contributed by atoms with Gasteiger partial charge in [-0.2, -0.15) is 0 Å². The van der Waals surface area contributed by atoms with Gasteiger partial charge in [-0.25, -0.2) is 4.79 Å². The minimum absolute atomic E-state index is 0.190. The predicted octanol–water partition coefficient (Wildman–Crippen LogP) is 4.14. The zero-order valence-electron chi connectivity index (χ0n) is 14.7. The monoisotopic (exact) mass is 348 g/mol. The largest absolute Gasteiger partial charge is 0.478 e. The molecule has 0 aliphatic heterocycles. The van der Waals surface area contributed by atoms with E-state index in [1.165, 1.54) is 28.9 Å². The van der Waals surface area contributed by atoms with Crippen LogP contribution in [-0.4, -0.2) is 17.6 Å². The van der Waals surface area contributed by atoms with E-state index in [1.807, 2.05) is 0 Å². The molecule has 5 heteroatoms. The zero-order valence-corrected chi connectivity index (χ0v) is 15.5. The third-order valence-corrected chi connectivity index (χ3v) is 6.76. The van der Waals surface area contributed by atoms with E-state index in [1.54, 1.807) is 11.3 Å². The number of carbonyl (C=O) groups is 1. The molecule has 1 aromatic heterocycles. The molecule has 0 unspecified atom stereocenters. The summed E-state index contributed by atoms with van der Waals surface area (Å²) in [6.07, 6.45) is 8.51. The van der Waals surface area contributed by atoms with Crippen LogP contribution in [0.25, 0.3) is 5.57 Å². The first-order valence-corrected chi connectivity index (χ1v) is 9.77. The topological polar surface area (TPSA) is 75.3 Å². The highest BCUT2D eigenvalue weighted by Gasteiger charge is 2.33. The summed E-state index contributed by atoms with van der Waals surface area (Å²) in [7, 11) is 0. The number of nitrogens with one attached hydrogen (secondary N) is 1.